The van der Waals surface area contributed by atoms with Gasteiger partial charge in [-0.2, -0.15) is 4.98 Å². The summed E-state index contributed by atoms with van der Waals surface area (Å²) in [5, 5.41) is 6.52. The number of nitrogens with zero attached hydrogens (tertiary/aromatic N) is 2. The summed E-state index contributed by atoms with van der Waals surface area (Å²) in [6.45, 7) is 2.93. The fraction of sp³-hybridized carbons (Fsp3) is 0.714. The zero-order valence-electron chi connectivity index (χ0n) is 6.95. The average molecular weight is 168 g/mol. The number of rotatable bonds is 1. The number of nitrogens with one attached hydrogen (secondary N) is 1. The second-order valence-electron chi connectivity index (χ2n) is 3.14. The lowest BCUT2D eigenvalue weighted by Gasteiger charge is -2.09. The van der Waals surface area contributed by atoms with Crippen molar-refractivity contribution < 1.29 is 4.74 Å². The molecule has 1 aromatic heterocycles. The summed E-state index contributed by atoms with van der Waals surface area (Å²) in [6, 6.07) is 0. The molecule has 2 atom stereocenters. The highest BCUT2D eigenvalue weighted by molar-refractivity contribution is 5.14. The second-order valence-corrected chi connectivity index (χ2v) is 3.14. The number of hydrogen-bond acceptors (Lipinski definition) is 4. The monoisotopic (exact) mass is 168 g/mol. The maximum Gasteiger partial charge on any atom is 0.239 e. The Morgan fingerprint density at radius 3 is 3.00 bits per heavy atom. The van der Waals surface area contributed by atoms with E-state index in [1.165, 1.54) is 0 Å². The van der Waals surface area contributed by atoms with Crippen molar-refractivity contribution >= 4 is 5.95 Å². The molecule has 3 N–H and O–H groups in total. The van der Waals surface area contributed by atoms with Gasteiger partial charge in [0, 0.05) is 6.61 Å². The van der Waals surface area contributed by atoms with Crippen LogP contribution in [0.5, 0.6) is 0 Å². The van der Waals surface area contributed by atoms with Crippen molar-refractivity contribution in [2.75, 3.05) is 12.3 Å². The molecule has 66 valence electrons. The van der Waals surface area contributed by atoms with Crippen LogP contribution in [0.4, 0.5) is 5.95 Å². The zero-order chi connectivity index (χ0) is 8.55. The maximum absolute atomic E-state index is 5.48. The molecule has 0 aromatic carbocycles. The maximum atomic E-state index is 5.48. The van der Waals surface area contributed by atoms with Gasteiger partial charge >= 0.3 is 0 Å². The van der Waals surface area contributed by atoms with Crippen LogP contribution in [-0.2, 0) is 4.74 Å². The van der Waals surface area contributed by atoms with Gasteiger partial charge in [-0.05, 0) is 12.3 Å². The van der Waals surface area contributed by atoms with Crippen molar-refractivity contribution in [1.29, 1.82) is 0 Å². The molecule has 0 saturated carbocycles. The van der Waals surface area contributed by atoms with E-state index in [2.05, 4.69) is 22.1 Å². The highest BCUT2D eigenvalue weighted by Crippen LogP contribution is 2.31. The SMILES string of the molecule is CC1CCOC1c1nc(N)n[nH]1. The molecule has 12 heavy (non-hydrogen) atoms. The van der Waals surface area contributed by atoms with Crippen LogP contribution in [0, 0.1) is 5.92 Å². The van der Waals surface area contributed by atoms with E-state index in [9.17, 15) is 0 Å². The Hall–Kier alpha value is -1.10. The van der Waals surface area contributed by atoms with Crippen LogP contribution in [0.2, 0.25) is 0 Å². The molecule has 1 fully saturated rings. The minimum absolute atomic E-state index is 0.0507. The van der Waals surface area contributed by atoms with Gasteiger partial charge < -0.3 is 10.5 Å². The molecule has 5 heteroatoms. The summed E-state index contributed by atoms with van der Waals surface area (Å²) in [6.07, 6.45) is 1.13. The molecular formula is C7H12N4O. The van der Waals surface area contributed by atoms with Gasteiger partial charge in [0.1, 0.15) is 6.10 Å². The average Bonchev–Trinajstić information content (AvgIpc) is 2.58. The summed E-state index contributed by atoms with van der Waals surface area (Å²) in [5.41, 5.74) is 5.38. The van der Waals surface area contributed by atoms with Crippen molar-refractivity contribution in [3.8, 4) is 0 Å². The summed E-state index contributed by atoms with van der Waals surface area (Å²) in [7, 11) is 0. The predicted octanol–water partition coefficient (Wildman–Crippen LogP) is 0.484. The fourth-order valence-corrected chi connectivity index (χ4v) is 1.46. The minimum atomic E-state index is 0.0507. The van der Waals surface area contributed by atoms with E-state index in [1.807, 2.05) is 0 Å². The molecule has 0 radical (unpaired) electrons. The number of hydrogen-bond donors (Lipinski definition) is 2. The summed E-state index contributed by atoms with van der Waals surface area (Å²) < 4.78 is 5.48. The van der Waals surface area contributed by atoms with Gasteiger partial charge in [-0.3, -0.25) is 5.10 Å². The molecule has 0 amide bonds. The number of aromatic amines is 1. The van der Waals surface area contributed by atoms with Crippen LogP contribution in [0.1, 0.15) is 25.3 Å². The second kappa shape index (κ2) is 2.75. The summed E-state index contributed by atoms with van der Waals surface area (Å²) in [4.78, 5) is 4.03. The van der Waals surface area contributed by atoms with Crippen LogP contribution in [0.15, 0.2) is 0 Å². The highest BCUT2D eigenvalue weighted by Gasteiger charge is 2.28. The van der Waals surface area contributed by atoms with Gasteiger partial charge in [-0.25, -0.2) is 0 Å². The Kier molecular flexibility index (Phi) is 1.73. The lowest BCUT2D eigenvalue weighted by molar-refractivity contribution is 0.0876. The minimum Gasteiger partial charge on any atom is -0.370 e. The van der Waals surface area contributed by atoms with Crippen LogP contribution >= 0.6 is 0 Å². The van der Waals surface area contributed by atoms with E-state index in [4.69, 9.17) is 10.5 Å². The summed E-state index contributed by atoms with van der Waals surface area (Å²) in [5.74, 6) is 1.53. The molecule has 0 aliphatic carbocycles. The number of nitrogens with two attached hydrogens (primary N) is 1. The Labute approximate surface area is 70.3 Å². The molecule has 1 aromatic rings. The van der Waals surface area contributed by atoms with Crippen LogP contribution < -0.4 is 5.73 Å². The van der Waals surface area contributed by atoms with Crippen molar-refractivity contribution in [2.45, 2.75) is 19.4 Å². The molecule has 1 aliphatic heterocycles. The third kappa shape index (κ3) is 1.16. The van der Waals surface area contributed by atoms with Crippen molar-refractivity contribution in [3.63, 3.8) is 0 Å². The van der Waals surface area contributed by atoms with E-state index < -0.39 is 0 Å². The van der Waals surface area contributed by atoms with E-state index >= 15 is 0 Å². The molecule has 2 rings (SSSR count). The molecule has 1 aliphatic rings. The Morgan fingerprint density at radius 1 is 1.67 bits per heavy atom. The first-order chi connectivity index (χ1) is 5.77. The fourth-order valence-electron chi connectivity index (χ4n) is 1.46. The summed E-state index contributed by atoms with van der Waals surface area (Å²) >= 11 is 0. The highest BCUT2D eigenvalue weighted by atomic mass is 16.5. The van der Waals surface area contributed by atoms with Crippen LogP contribution in [0.25, 0.3) is 0 Å². The standard InChI is InChI=1S/C7H12N4O/c1-4-2-3-12-5(4)6-9-7(8)11-10-6/h4-5H,2-3H2,1H3,(H3,8,9,10,11). The van der Waals surface area contributed by atoms with Crippen LogP contribution in [0.3, 0.4) is 0 Å². The number of ether oxygens (including phenoxy) is 1. The van der Waals surface area contributed by atoms with E-state index in [1.54, 1.807) is 0 Å². The van der Waals surface area contributed by atoms with Crippen LogP contribution in [-0.4, -0.2) is 21.8 Å². The number of aromatic nitrogens is 3. The third-order valence-electron chi connectivity index (χ3n) is 2.18. The molecule has 0 bridgehead atoms. The lowest BCUT2D eigenvalue weighted by atomic mass is 10.0. The van der Waals surface area contributed by atoms with Crippen molar-refractivity contribution in [3.05, 3.63) is 5.82 Å². The molecule has 2 unspecified atom stereocenters. The van der Waals surface area contributed by atoms with Gasteiger partial charge in [0.25, 0.3) is 0 Å². The molecule has 2 heterocycles. The van der Waals surface area contributed by atoms with Gasteiger partial charge in [0.2, 0.25) is 5.95 Å². The van der Waals surface area contributed by atoms with Crippen molar-refractivity contribution in [1.82, 2.24) is 15.2 Å². The largest absolute Gasteiger partial charge is 0.370 e. The lowest BCUT2D eigenvalue weighted by Crippen LogP contribution is -2.05. The van der Waals surface area contributed by atoms with E-state index in [0.29, 0.717) is 5.92 Å². The van der Waals surface area contributed by atoms with E-state index in [-0.39, 0.29) is 12.1 Å². The van der Waals surface area contributed by atoms with Gasteiger partial charge in [0.05, 0.1) is 0 Å². The smallest absolute Gasteiger partial charge is 0.239 e. The Balaban J connectivity index is 2.19. The number of nitrogen functional groups attached to an aromatic ring is 1. The first kappa shape index (κ1) is 7.54. The first-order valence-corrected chi connectivity index (χ1v) is 4.07. The third-order valence-corrected chi connectivity index (χ3v) is 2.18. The van der Waals surface area contributed by atoms with Crippen molar-refractivity contribution in [2.24, 2.45) is 5.92 Å². The molecule has 5 nitrogen and oxygen atoms in total. The first-order valence-electron chi connectivity index (χ1n) is 4.07. The number of H-pyrrole nitrogens is 1. The van der Waals surface area contributed by atoms with Gasteiger partial charge in [-0.15, -0.1) is 5.10 Å². The van der Waals surface area contributed by atoms with Gasteiger partial charge in [0.15, 0.2) is 5.82 Å². The number of anilines is 1. The molecule has 1 saturated heterocycles. The Morgan fingerprint density at radius 2 is 2.50 bits per heavy atom. The normalized spacial score (nSPS) is 29.4. The topological polar surface area (TPSA) is 76.8 Å². The zero-order valence-corrected chi connectivity index (χ0v) is 6.95. The quantitative estimate of drug-likeness (QED) is 0.639. The molecule has 0 spiro atoms. The Bertz CT molecular complexity index is 272. The van der Waals surface area contributed by atoms with E-state index in [0.717, 1.165) is 18.9 Å². The predicted molar refractivity (Wildman–Crippen MR) is 43.3 cm³/mol. The van der Waals surface area contributed by atoms with Gasteiger partial charge in [-0.1, -0.05) is 6.92 Å². The molecular weight excluding hydrogens is 156 g/mol.